The second-order valence-electron chi connectivity index (χ2n) is 11.8. The number of halogens is 4. The number of hydrogen-bond donors (Lipinski definition) is 1. The highest BCUT2D eigenvalue weighted by Gasteiger charge is 2.57. The molecule has 1 aliphatic carbocycles. The zero-order valence-corrected chi connectivity index (χ0v) is 22.1. The average Bonchev–Trinajstić information content (AvgIpc) is 3.27. The molecule has 0 radical (unpaired) electrons. The maximum Gasteiger partial charge on any atom is 0.426 e. The van der Waals surface area contributed by atoms with Crippen LogP contribution < -0.4 is 4.74 Å². The second kappa shape index (κ2) is 9.52. The molecule has 5 rings (SSSR count). The lowest BCUT2D eigenvalue weighted by Crippen LogP contribution is -2.55. The lowest BCUT2D eigenvalue weighted by atomic mass is 9.67. The fourth-order valence-corrected chi connectivity index (χ4v) is 6.75. The first-order chi connectivity index (χ1) is 18.3. The summed E-state index contributed by atoms with van der Waals surface area (Å²) in [6, 6.07) is 13.2. The summed E-state index contributed by atoms with van der Waals surface area (Å²) in [7, 11) is 0. The van der Waals surface area contributed by atoms with Gasteiger partial charge in [-0.15, -0.1) is 0 Å². The highest BCUT2D eigenvalue weighted by molar-refractivity contribution is 5.84. The molecular formula is C30H33F4NO4. The maximum atomic E-state index is 14.8. The van der Waals surface area contributed by atoms with Gasteiger partial charge in [-0.05, 0) is 57.1 Å². The molecular weight excluding hydrogens is 514 g/mol. The second-order valence-corrected chi connectivity index (χ2v) is 11.8. The van der Waals surface area contributed by atoms with Gasteiger partial charge in [-0.2, -0.15) is 13.2 Å². The van der Waals surface area contributed by atoms with Crippen molar-refractivity contribution in [1.29, 1.82) is 0 Å². The summed E-state index contributed by atoms with van der Waals surface area (Å²) in [6.45, 7) is 2.93. The minimum absolute atomic E-state index is 0.0386. The predicted molar refractivity (Wildman–Crippen MR) is 136 cm³/mol. The summed E-state index contributed by atoms with van der Waals surface area (Å²) in [4.78, 5) is 27.3. The van der Waals surface area contributed by atoms with Crippen LogP contribution in [-0.2, 0) is 27.1 Å². The monoisotopic (exact) mass is 547 g/mol. The van der Waals surface area contributed by atoms with Crippen molar-refractivity contribution in [2.45, 2.75) is 75.7 Å². The first kappa shape index (κ1) is 27.5. The summed E-state index contributed by atoms with van der Waals surface area (Å²) >= 11 is 0. The van der Waals surface area contributed by atoms with Crippen molar-refractivity contribution >= 4 is 11.9 Å². The first-order valence-electron chi connectivity index (χ1n) is 13.4. The zero-order valence-electron chi connectivity index (χ0n) is 22.1. The third kappa shape index (κ3) is 4.57. The molecule has 39 heavy (non-hydrogen) atoms. The van der Waals surface area contributed by atoms with Gasteiger partial charge in [0.2, 0.25) is 11.6 Å². The van der Waals surface area contributed by atoms with Crippen LogP contribution in [0.3, 0.4) is 0 Å². The van der Waals surface area contributed by atoms with E-state index >= 15 is 0 Å². The highest BCUT2D eigenvalue weighted by atomic mass is 19.4. The molecule has 1 amide bonds. The lowest BCUT2D eigenvalue weighted by molar-refractivity contribution is -0.228. The summed E-state index contributed by atoms with van der Waals surface area (Å²) in [5, 5.41) is 9.40. The van der Waals surface area contributed by atoms with Gasteiger partial charge in [0.1, 0.15) is 12.4 Å². The van der Waals surface area contributed by atoms with Gasteiger partial charge < -0.3 is 14.7 Å². The average molecular weight is 548 g/mol. The van der Waals surface area contributed by atoms with Crippen molar-refractivity contribution < 1.29 is 37.0 Å². The molecule has 0 aromatic heterocycles. The van der Waals surface area contributed by atoms with Crippen molar-refractivity contribution in [3.05, 3.63) is 65.2 Å². The van der Waals surface area contributed by atoms with Crippen LogP contribution in [0.4, 0.5) is 17.6 Å². The molecule has 3 unspecified atom stereocenters. The van der Waals surface area contributed by atoms with Gasteiger partial charge in [0.25, 0.3) is 0 Å². The fourth-order valence-electron chi connectivity index (χ4n) is 6.75. The van der Waals surface area contributed by atoms with E-state index in [-0.39, 0.29) is 24.3 Å². The number of ether oxygens (including phenoxy) is 1. The largest absolute Gasteiger partial charge is 0.491 e. The summed E-state index contributed by atoms with van der Waals surface area (Å²) in [5.41, 5.74) is -3.66. The van der Waals surface area contributed by atoms with E-state index in [9.17, 15) is 32.3 Å². The van der Waals surface area contributed by atoms with E-state index in [0.717, 1.165) is 11.6 Å². The first-order valence-corrected chi connectivity index (χ1v) is 13.4. The topological polar surface area (TPSA) is 66.8 Å². The van der Waals surface area contributed by atoms with E-state index in [1.54, 1.807) is 0 Å². The molecule has 5 nitrogen and oxygen atoms in total. The molecule has 9 heteroatoms. The number of carboxylic acids is 1. The van der Waals surface area contributed by atoms with Crippen LogP contribution >= 0.6 is 0 Å². The van der Waals surface area contributed by atoms with Gasteiger partial charge in [0, 0.05) is 28.5 Å². The van der Waals surface area contributed by atoms with Crippen molar-refractivity contribution in [2.75, 3.05) is 13.2 Å². The summed E-state index contributed by atoms with van der Waals surface area (Å²) in [5.74, 6) is -1.10. The van der Waals surface area contributed by atoms with E-state index in [2.05, 4.69) is 0 Å². The fraction of sp³-hybridized carbons (Fsp3) is 0.533. The Balaban J connectivity index is 1.51. The van der Waals surface area contributed by atoms with Crippen LogP contribution in [0.25, 0.3) is 0 Å². The Kier molecular flexibility index (Phi) is 6.71. The van der Waals surface area contributed by atoms with Gasteiger partial charge in [-0.3, -0.25) is 9.59 Å². The van der Waals surface area contributed by atoms with Crippen LogP contribution in [-0.4, -0.2) is 47.3 Å². The number of carboxylic acid groups (broad SMARTS) is 1. The third-order valence-electron chi connectivity index (χ3n) is 9.38. The van der Waals surface area contributed by atoms with E-state index in [1.165, 1.54) is 12.1 Å². The number of hydrogen-bond acceptors (Lipinski definition) is 3. The smallest absolute Gasteiger partial charge is 0.426 e. The van der Waals surface area contributed by atoms with Crippen LogP contribution in [0.15, 0.2) is 48.5 Å². The Morgan fingerprint density at radius 2 is 1.72 bits per heavy atom. The van der Waals surface area contributed by atoms with Gasteiger partial charge >= 0.3 is 12.1 Å². The summed E-state index contributed by atoms with van der Waals surface area (Å²) in [6.07, 6.45) is -2.12. The van der Waals surface area contributed by atoms with Crippen molar-refractivity contribution in [3.8, 4) is 5.75 Å². The number of amides is 1. The highest BCUT2D eigenvalue weighted by Crippen LogP contribution is 2.53. The molecule has 3 aliphatic rings. The molecule has 2 fully saturated rings. The van der Waals surface area contributed by atoms with Crippen LogP contribution in [0.2, 0.25) is 0 Å². The molecule has 2 heterocycles. The Hall–Kier alpha value is -3.10. The molecule has 1 saturated heterocycles. The van der Waals surface area contributed by atoms with Gasteiger partial charge in [0.05, 0.1) is 12.0 Å². The molecule has 3 atom stereocenters. The zero-order chi connectivity index (χ0) is 28.2. The van der Waals surface area contributed by atoms with E-state index in [4.69, 9.17) is 4.74 Å². The Labute approximate surface area is 225 Å². The van der Waals surface area contributed by atoms with Crippen LogP contribution in [0, 0.1) is 11.3 Å². The van der Waals surface area contributed by atoms with Crippen LogP contribution in [0.5, 0.6) is 5.75 Å². The predicted octanol–water partition coefficient (Wildman–Crippen LogP) is 6.19. The number of carbonyl (C=O) groups excluding carboxylic acids is 1. The lowest BCUT2D eigenvalue weighted by Gasteiger charge is -2.45. The SMILES string of the molecule is CC(F)(c1ccc2c(c1)OCC1N(C(=O)[C@]3(C)CC[C@@H](C(=O)O)CC3)CCC21Cc1ccccc1)C(F)(F)F. The third-order valence-corrected chi connectivity index (χ3v) is 9.38. The number of aliphatic carboxylic acids is 1. The Morgan fingerprint density at radius 1 is 1.05 bits per heavy atom. The van der Waals surface area contributed by atoms with Crippen LogP contribution in [0.1, 0.15) is 62.6 Å². The number of benzene rings is 2. The molecule has 210 valence electrons. The van der Waals surface area contributed by atoms with Crippen molar-refractivity contribution in [2.24, 2.45) is 11.3 Å². The van der Waals surface area contributed by atoms with E-state index < -0.39 is 40.1 Å². The Morgan fingerprint density at radius 3 is 2.33 bits per heavy atom. The Bertz CT molecular complexity index is 1250. The number of likely N-dealkylation sites (tertiary alicyclic amines) is 1. The molecule has 2 aromatic carbocycles. The van der Waals surface area contributed by atoms with Crippen molar-refractivity contribution in [1.82, 2.24) is 4.90 Å². The van der Waals surface area contributed by atoms with Gasteiger partial charge in [-0.1, -0.05) is 49.4 Å². The van der Waals surface area contributed by atoms with Gasteiger partial charge in [0.15, 0.2) is 0 Å². The quantitative estimate of drug-likeness (QED) is 0.454. The number of carbonyl (C=O) groups is 2. The number of fused-ring (bicyclic) bond motifs is 3. The molecule has 1 N–H and O–H groups in total. The minimum atomic E-state index is -5.08. The normalized spacial score (nSPS) is 30.1. The molecule has 0 spiro atoms. The van der Waals surface area contributed by atoms with Gasteiger partial charge in [-0.25, -0.2) is 4.39 Å². The molecule has 2 aromatic rings. The van der Waals surface area contributed by atoms with Crippen molar-refractivity contribution in [3.63, 3.8) is 0 Å². The number of alkyl halides is 4. The molecule has 2 aliphatic heterocycles. The number of nitrogens with zero attached hydrogens (tertiary/aromatic N) is 1. The van der Waals surface area contributed by atoms with E-state index in [1.807, 2.05) is 42.2 Å². The molecule has 0 bridgehead atoms. The summed E-state index contributed by atoms with van der Waals surface area (Å²) < 4.78 is 61.2. The maximum absolute atomic E-state index is 14.8. The number of rotatable bonds is 5. The molecule has 1 saturated carbocycles. The standard InChI is InChI=1S/C30H33F4NO4/c1-27(12-10-20(11-13-27)25(36)37)26(38)35-15-14-29(17-19-6-4-3-5-7-19)22-9-8-21(28(2,31)30(32,33)34)16-23(22)39-18-24(29)35/h3-9,16,20,24H,10-15,17-18H2,1-2H3,(H,36,37)/t20-,24?,27-,28?,29?. The minimum Gasteiger partial charge on any atom is -0.491 e. The van der Waals surface area contributed by atoms with E-state index in [0.29, 0.717) is 57.6 Å².